The Morgan fingerprint density at radius 3 is 2.59 bits per heavy atom. The van der Waals surface area contributed by atoms with E-state index >= 15 is 0 Å². The number of hydrogen-bond donors (Lipinski definition) is 0. The zero-order valence-corrected chi connectivity index (χ0v) is 10.8. The van der Waals surface area contributed by atoms with Gasteiger partial charge in [0.1, 0.15) is 5.78 Å². The maximum atomic E-state index is 11.7. The van der Waals surface area contributed by atoms with E-state index in [4.69, 9.17) is 0 Å². The number of likely N-dealkylation sites (tertiary alicyclic amines) is 1. The number of Topliss-reactive ketones (excluding diaryl/α,β-unsaturated/α-hetero) is 1. The molecule has 1 heterocycles. The van der Waals surface area contributed by atoms with Gasteiger partial charge in [-0.2, -0.15) is 0 Å². The zero-order chi connectivity index (χ0) is 12.3. The molecule has 1 aliphatic heterocycles. The highest BCUT2D eigenvalue weighted by Crippen LogP contribution is 2.25. The molecule has 17 heavy (non-hydrogen) atoms. The van der Waals surface area contributed by atoms with E-state index < -0.39 is 0 Å². The quantitative estimate of drug-likeness (QED) is 0.796. The van der Waals surface area contributed by atoms with Gasteiger partial charge in [0.15, 0.2) is 0 Å². The van der Waals surface area contributed by atoms with E-state index in [9.17, 15) is 4.79 Å². The summed E-state index contributed by atoms with van der Waals surface area (Å²) >= 11 is 0. The minimum absolute atomic E-state index is 0.158. The van der Waals surface area contributed by atoms with Crippen LogP contribution in [0.4, 0.5) is 0 Å². The van der Waals surface area contributed by atoms with Crippen LogP contribution in [0.1, 0.15) is 25.8 Å². The standard InChI is InChI=1S/C15H21NO/c1-15(2)12-16(11-9-14(15)17)10-8-13-6-4-3-5-7-13/h3-7H,8-12H2,1-2H3. The maximum absolute atomic E-state index is 11.7. The van der Waals surface area contributed by atoms with Crippen molar-refractivity contribution in [3.05, 3.63) is 35.9 Å². The first-order chi connectivity index (χ1) is 8.08. The second-order valence-electron chi connectivity index (χ2n) is 5.57. The lowest BCUT2D eigenvalue weighted by molar-refractivity contribution is -0.131. The molecule has 2 nitrogen and oxygen atoms in total. The van der Waals surface area contributed by atoms with Gasteiger partial charge in [0.2, 0.25) is 0 Å². The predicted molar refractivity (Wildman–Crippen MR) is 70.0 cm³/mol. The average molecular weight is 231 g/mol. The molecule has 0 N–H and O–H groups in total. The highest BCUT2D eigenvalue weighted by atomic mass is 16.1. The molecule has 2 rings (SSSR count). The summed E-state index contributed by atoms with van der Waals surface area (Å²) in [6, 6.07) is 10.5. The van der Waals surface area contributed by atoms with Gasteiger partial charge < -0.3 is 4.90 Å². The van der Waals surface area contributed by atoms with Crippen LogP contribution in [0.2, 0.25) is 0 Å². The van der Waals surface area contributed by atoms with Gasteiger partial charge in [-0.3, -0.25) is 4.79 Å². The molecule has 1 aromatic rings. The van der Waals surface area contributed by atoms with Crippen LogP contribution in [0.5, 0.6) is 0 Å². The summed E-state index contributed by atoms with van der Waals surface area (Å²) in [5.74, 6) is 0.411. The van der Waals surface area contributed by atoms with Crippen molar-refractivity contribution in [2.75, 3.05) is 19.6 Å². The molecule has 1 aliphatic rings. The van der Waals surface area contributed by atoms with Crippen LogP contribution < -0.4 is 0 Å². The molecule has 1 aromatic carbocycles. The van der Waals surface area contributed by atoms with Crippen molar-refractivity contribution < 1.29 is 4.79 Å². The molecule has 0 aromatic heterocycles. The SMILES string of the molecule is CC1(C)CN(CCc2ccccc2)CCC1=O. The van der Waals surface area contributed by atoms with Gasteiger partial charge in [-0.25, -0.2) is 0 Å². The van der Waals surface area contributed by atoms with Gasteiger partial charge >= 0.3 is 0 Å². The summed E-state index contributed by atoms with van der Waals surface area (Å²) < 4.78 is 0. The molecule has 1 saturated heterocycles. The maximum Gasteiger partial charge on any atom is 0.141 e. The molecule has 0 atom stereocenters. The van der Waals surface area contributed by atoms with Crippen molar-refractivity contribution in [3.8, 4) is 0 Å². The van der Waals surface area contributed by atoms with E-state index in [-0.39, 0.29) is 5.41 Å². The van der Waals surface area contributed by atoms with E-state index in [0.29, 0.717) is 12.2 Å². The lowest BCUT2D eigenvalue weighted by Gasteiger charge is -2.36. The third-order valence-electron chi connectivity index (χ3n) is 3.59. The molecular weight excluding hydrogens is 210 g/mol. The molecule has 1 fully saturated rings. The van der Waals surface area contributed by atoms with Gasteiger partial charge in [-0.15, -0.1) is 0 Å². The normalized spacial score (nSPS) is 20.5. The van der Waals surface area contributed by atoms with Crippen LogP contribution in [-0.4, -0.2) is 30.3 Å². The van der Waals surface area contributed by atoms with Crippen molar-refractivity contribution in [1.29, 1.82) is 0 Å². The first-order valence-corrected chi connectivity index (χ1v) is 6.37. The molecule has 0 unspecified atom stereocenters. The van der Waals surface area contributed by atoms with E-state index in [1.54, 1.807) is 0 Å². The first-order valence-electron chi connectivity index (χ1n) is 6.37. The van der Waals surface area contributed by atoms with Crippen LogP contribution in [0, 0.1) is 5.41 Å². The van der Waals surface area contributed by atoms with E-state index in [1.165, 1.54) is 5.56 Å². The number of hydrogen-bond acceptors (Lipinski definition) is 2. The van der Waals surface area contributed by atoms with Gasteiger partial charge in [0.25, 0.3) is 0 Å². The lowest BCUT2D eigenvalue weighted by atomic mass is 9.82. The summed E-state index contributed by atoms with van der Waals surface area (Å²) in [6.45, 7) is 7.00. The number of nitrogens with zero attached hydrogens (tertiary/aromatic N) is 1. The van der Waals surface area contributed by atoms with E-state index in [1.807, 2.05) is 6.07 Å². The number of carbonyl (C=O) groups excluding carboxylic acids is 1. The Labute approximate surface area is 104 Å². The van der Waals surface area contributed by atoms with Gasteiger partial charge in [-0.1, -0.05) is 44.2 Å². The van der Waals surface area contributed by atoms with Crippen molar-refractivity contribution >= 4 is 5.78 Å². The highest BCUT2D eigenvalue weighted by molar-refractivity contribution is 5.85. The second-order valence-corrected chi connectivity index (χ2v) is 5.57. The van der Waals surface area contributed by atoms with Gasteiger partial charge in [-0.05, 0) is 12.0 Å². The van der Waals surface area contributed by atoms with Crippen LogP contribution in [0.25, 0.3) is 0 Å². The average Bonchev–Trinajstić information content (AvgIpc) is 2.32. The smallest absolute Gasteiger partial charge is 0.141 e. The van der Waals surface area contributed by atoms with E-state index in [2.05, 4.69) is 43.0 Å². The Balaban J connectivity index is 1.87. The fourth-order valence-corrected chi connectivity index (χ4v) is 2.45. The van der Waals surface area contributed by atoms with Crippen molar-refractivity contribution in [3.63, 3.8) is 0 Å². The largest absolute Gasteiger partial charge is 0.302 e. The Hall–Kier alpha value is -1.15. The van der Waals surface area contributed by atoms with Crippen molar-refractivity contribution in [1.82, 2.24) is 4.90 Å². The molecule has 2 heteroatoms. The molecule has 92 valence electrons. The molecule has 0 saturated carbocycles. The van der Waals surface area contributed by atoms with Gasteiger partial charge in [0, 0.05) is 31.5 Å². The van der Waals surface area contributed by atoms with Crippen molar-refractivity contribution in [2.45, 2.75) is 26.7 Å². The molecule has 0 spiro atoms. The first kappa shape index (κ1) is 12.3. The van der Waals surface area contributed by atoms with Gasteiger partial charge in [0.05, 0.1) is 0 Å². The number of rotatable bonds is 3. The Morgan fingerprint density at radius 2 is 1.94 bits per heavy atom. The lowest BCUT2D eigenvalue weighted by Crippen LogP contribution is -2.46. The minimum atomic E-state index is -0.158. The summed E-state index contributed by atoms with van der Waals surface area (Å²) in [7, 11) is 0. The number of piperidine rings is 1. The fraction of sp³-hybridized carbons (Fsp3) is 0.533. The number of carbonyl (C=O) groups is 1. The fourth-order valence-electron chi connectivity index (χ4n) is 2.45. The zero-order valence-electron chi connectivity index (χ0n) is 10.8. The molecule has 0 aliphatic carbocycles. The summed E-state index contributed by atoms with van der Waals surface area (Å²) in [5, 5.41) is 0. The second kappa shape index (κ2) is 5.01. The summed E-state index contributed by atoms with van der Waals surface area (Å²) in [4.78, 5) is 14.1. The Morgan fingerprint density at radius 1 is 1.24 bits per heavy atom. The highest BCUT2D eigenvalue weighted by Gasteiger charge is 2.33. The Bertz CT molecular complexity index is 383. The third-order valence-corrected chi connectivity index (χ3v) is 3.59. The van der Waals surface area contributed by atoms with E-state index in [0.717, 1.165) is 26.1 Å². The predicted octanol–water partition coefficient (Wildman–Crippen LogP) is 2.53. The van der Waals surface area contributed by atoms with Crippen molar-refractivity contribution in [2.24, 2.45) is 5.41 Å². The number of benzene rings is 1. The molecule has 0 bridgehead atoms. The third kappa shape index (κ3) is 3.16. The molecule has 0 radical (unpaired) electrons. The minimum Gasteiger partial charge on any atom is -0.302 e. The van der Waals surface area contributed by atoms with Crippen LogP contribution in [-0.2, 0) is 11.2 Å². The molecule has 0 amide bonds. The molecular formula is C15H21NO. The Kier molecular flexibility index (Phi) is 3.63. The summed E-state index contributed by atoms with van der Waals surface area (Å²) in [5.41, 5.74) is 1.22. The van der Waals surface area contributed by atoms with Crippen LogP contribution in [0.15, 0.2) is 30.3 Å². The topological polar surface area (TPSA) is 20.3 Å². The van der Waals surface area contributed by atoms with Crippen LogP contribution in [0.3, 0.4) is 0 Å². The monoisotopic (exact) mass is 231 g/mol. The number of ketones is 1. The summed E-state index contributed by atoms with van der Waals surface area (Å²) in [6.07, 6.45) is 1.78. The van der Waals surface area contributed by atoms with Crippen LogP contribution >= 0.6 is 0 Å².